The van der Waals surface area contributed by atoms with Crippen LogP contribution in [0.5, 0.6) is 0 Å². The van der Waals surface area contributed by atoms with E-state index >= 15 is 0 Å². The normalized spacial score (nSPS) is 12.3. The first-order valence-corrected chi connectivity index (χ1v) is 7.32. The summed E-state index contributed by atoms with van der Waals surface area (Å²) >= 11 is 0. The van der Waals surface area contributed by atoms with Gasteiger partial charge in [-0.05, 0) is 44.9 Å². The minimum atomic E-state index is 0.0657. The molecular weight excluding hydrogens is 250 g/mol. The van der Waals surface area contributed by atoms with Crippen molar-refractivity contribution >= 4 is 11.6 Å². The van der Waals surface area contributed by atoms with Crippen LogP contribution in [0, 0.1) is 0 Å². The number of hydrogen-bond acceptors (Lipinski definition) is 3. The molecule has 0 heterocycles. The van der Waals surface area contributed by atoms with Crippen LogP contribution in [0.2, 0.25) is 0 Å². The summed E-state index contributed by atoms with van der Waals surface area (Å²) in [5.74, 6) is 0.0657. The Morgan fingerprint density at radius 1 is 1.25 bits per heavy atom. The van der Waals surface area contributed by atoms with Crippen molar-refractivity contribution < 1.29 is 4.79 Å². The predicted molar refractivity (Wildman–Crippen MR) is 84.7 cm³/mol. The molecule has 0 aliphatic rings. The van der Waals surface area contributed by atoms with Crippen molar-refractivity contribution in [3.05, 3.63) is 29.8 Å². The molecule has 0 saturated carbocycles. The predicted octanol–water partition coefficient (Wildman–Crippen LogP) is 2.27. The largest absolute Gasteiger partial charge is 0.360 e. The Labute approximate surface area is 122 Å². The maximum Gasteiger partial charge on any atom is 0.239 e. The van der Waals surface area contributed by atoms with Crippen molar-refractivity contribution in [2.75, 3.05) is 11.4 Å². The summed E-state index contributed by atoms with van der Waals surface area (Å²) in [6.07, 6.45) is 0.943. The fourth-order valence-corrected chi connectivity index (χ4v) is 1.97. The molecule has 1 atom stereocenters. The summed E-state index contributed by atoms with van der Waals surface area (Å²) in [4.78, 5) is 14.1. The molecule has 0 aliphatic carbocycles. The Morgan fingerprint density at radius 2 is 1.85 bits per heavy atom. The van der Waals surface area contributed by atoms with Crippen molar-refractivity contribution in [3.63, 3.8) is 0 Å². The maximum absolute atomic E-state index is 12.1. The van der Waals surface area contributed by atoms with E-state index in [2.05, 4.69) is 31.0 Å². The fourth-order valence-electron chi connectivity index (χ4n) is 1.97. The van der Waals surface area contributed by atoms with Crippen LogP contribution in [0.4, 0.5) is 5.69 Å². The van der Waals surface area contributed by atoms with E-state index in [0.29, 0.717) is 13.1 Å². The van der Waals surface area contributed by atoms with E-state index in [1.54, 1.807) is 0 Å². The molecular formula is C16H27N3O. The number of amides is 1. The Balaban J connectivity index is 2.75. The number of anilines is 1. The second-order valence-electron chi connectivity index (χ2n) is 5.47. The van der Waals surface area contributed by atoms with Crippen LogP contribution in [-0.4, -0.2) is 24.5 Å². The first-order valence-electron chi connectivity index (χ1n) is 7.32. The van der Waals surface area contributed by atoms with Crippen LogP contribution in [0.15, 0.2) is 24.3 Å². The van der Waals surface area contributed by atoms with E-state index in [1.807, 2.05) is 31.2 Å². The quantitative estimate of drug-likeness (QED) is 0.804. The minimum Gasteiger partial charge on any atom is -0.360 e. The first kappa shape index (κ1) is 16.5. The third-order valence-corrected chi connectivity index (χ3v) is 3.46. The third-order valence-electron chi connectivity index (χ3n) is 3.46. The minimum absolute atomic E-state index is 0.0657. The summed E-state index contributed by atoms with van der Waals surface area (Å²) < 4.78 is 0. The molecule has 0 spiro atoms. The van der Waals surface area contributed by atoms with E-state index in [-0.39, 0.29) is 18.0 Å². The second-order valence-corrected chi connectivity index (χ2v) is 5.47. The summed E-state index contributed by atoms with van der Waals surface area (Å²) in [6, 6.07) is 8.56. The number of nitrogens with two attached hydrogens (primary N) is 1. The first-order chi connectivity index (χ1) is 9.47. The summed E-state index contributed by atoms with van der Waals surface area (Å²) in [7, 11) is 0. The lowest BCUT2D eigenvalue weighted by atomic mass is 10.1. The molecule has 3 N–H and O–H groups in total. The topological polar surface area (TPSA) is 58.4 Å². The summed E-state index contributed by atoms with van der Waals surface area (Å²) in [5.41, 5.74) is 7.76. The molecule has 0 aliphatic heterocycles. The molecule has 1 unspecified atom stereocenters. The Hall–Kier alpha value is -1.55. The molecule has 4 nitrogen and oxygen atoms in total. The van der Waals surface area contributed by atoms with Crippen LogP contribution >= 0.6 is 0 Å². The number of hydrogen-bond donors (Lipinski definition) is 2. The van der Waals surface area contributed by atoms with Crippen LogP contribution < -0.4 is 16.0 Å². The van der Waals surface area contributed by atoms with Gasteiger partial charge < -0.3 is 16.0 Å². The molecule has 112 valence electrons. The van der Waals surface area contributed by atoms with Crippen LogP contribution in [0.1, 0.15) is 39.7 Å². The highest BCUT2D eigenvalue weighted by atomic mass is 16.2. The zero-order valence-corrected chi connectivity index (χ0v) is 13.0. The van der Waals surface area contributed by atoms with Gasteiger partial charge in [0, 0.05) is 24.3 Å². The highest BCUT2D eigenvalue weighted by Gasteiger charge is 2.15. The number of carbonyl (C=O) groups is 1. The average molecular weight is 277 g/mol. The van der Waals surface area contributed by atoms with E-state index in [0.717, 1.165) is 17.7 Å². The van der Waals surface area contributed by atoms with Gasteiger partial charge in [0.1, 0.15) is 0 Å². The molecule has 0 radical (unpaired) electrons. The number of nitrogens with one attached hydrogen (secondary N) is 1. The highest BCUT2D eigenvalue weighted by Crippen LogP contribution is 2.17. The van der Waals surface area contributed by atoms with Crippen molar-refractivity contribution in [2.45, 2.75) is 52.7 Å². The van der Waals surface area contributed by atoms with Gasteiger partial charge in [0.2, 0.25) is 5.91 Å². The summed E-state index contributed by atoms with van der Waals surface area (Å²) in [6.45, 7) is 9.19. The van der Waals surface area contributed by atoms with Gasteiger partial charge in [-0.1, -0.05) is 19.1 Å². The van der Waals surface area contributed by atoms with E-state index in [4.69, 9.17) is 5.73 Å². The standard InChI is InChI=1S/C16H27N3O/c1-5-13(4)18-16(20)11-19(12(2)3)15-8-6-14(10-17)7-9-15/h6-9,12-13H,5,10-11,17H2,1-4H3,(H,18,20). The lowest BCUT2D eigenvalue weighted by molar-refractivity contribution is -0.120. The van der Waals surface area contributed by atoms with Crippen molar-refractivity contribution in [3.8, 4) is 0 Å². The third kappa shape index (κ3) is 4.85. The lowest BCUT2D eigenvalue weighted by Gasteiger charge is -2.29. The summed E-state index contributed by atoms with van der Waals surface area (Å²) in [5, 5.41) is 3.01. The highest BCUT2D eigenvalue weighted by molar-refractivity contribution is 5.81. The molecule has 4 heteroatoms. The zero-order chi connectivity index (χ0) is 15.1. The van der Waals surface area contributed by atoms with Gasteiger partial charge >= 0.3 is 0 Å². The average Bonchev–Trinajstić information content (AvgIpc) is 2.44. The monoisotopic (exact) mass is 277 g/mol. The smallest absolute Gasteiger partial charge is 0.239 e. The van der Waals surface area contributed by atoms with E-state index in [1.165, 1.54) is 0 Å². The van der Waals surface area contributed by atoms with Crippen LogP contribution in [0.25, 0.3) is 0 Å². The van der Waals surface area contributed by atoms with Crippen LogP contribution in [0.3, 0.4) is 0 Å². The van der Waals surface area contributed by atoms with Gasteiger partial charge in [-0.2, -0.15) is 0 Å². The Kier molecular flexibility index (Phi) is 6.52. The number of carbonyl (C=O) groups excluding carboxylic acids is 1. The maximum atomic E-state index is 12.1. The molecule has 1 rings (SSSR count). The zero-order valence-electron chi connectivity index (χ0n) is 13.0. The molecule has 0 fully saturated rings. The van der Waals surface area contributed by atoms with Gasteiger partial charge in [-0.15, -0.1) is 0 Å². The van der Waals surface area contributed by atoms with Crippen LogP contribution in [-0.2, 0) is 11.3 Å². The van der Waals surface area contributed by atoms with Crippen molar-refractivity contribution in [1.82, 2.24) is 5.32 Å². The van der Waals surface area contributed by atoms with Crippen molar-refractivity contribution in [1.29, 1.82) is 0 Å². The molecule has 1 aromatic rings. The van der Waals surface area contributed by atoms with Gasteiger partial charge in [0.05, 0.1) is 6.54 Å². The number of nitrogens with zero attached hydrogens (tertiary/aromatic N) is 1. The molecule has 0 saturated heterocycles. The second kappa shape index (κ2) is 7.90. The van der Waals surface area contributed by atoms with Gasteiger partial charge in [0.25, 0.3) is 0 Å². The van der Waals surface area contributed by atoms with Gasteiger partial charge in [-0.3, -0.25) is 4.79 Å². The van der Waals surface area contributed by atoms with Gasteiger partial charge in [0.15, 0.2) is 0 Å². The molecule has 20 heavy (non-hydrogen) atoms. The number of benzene rings is 1. The molecule has 0 bridgehead atoms. The molecule has 1 amide bonds. The lowest BCUT2D eigenvalue weighted by Crippen LogP contribution is -2.43. The van der Waals surface area contributed by atoms with E-state index < -0.39 is 0 Å². The number of rotatable bonds is 7. The Morgan fingerprint density at radius 3 is 2.30 bits per heavy atom. The fraction of sp³-hybridized carbons (Fsp3) is 0.562. The van der Waals surface area contributed by atoms with E-state index in [9.17, 15) is 4.79 Å². The van der Waals surface area contributed by atoms with Crippen molar-refractivity contribution in [2.24, 2.45) is 5.73 Å². The molecule has 0 aromatic heterocycles. The Bertz CT molecular complexity index is 414. The SMILES string of the molecule is CCC(C)NC(=O)CN(c1ccc(CN)cc1)C(C)C. The molecule has 1 aromatic carbocycles. The van der Waals surface area contributed by atoms with Gasteiger partial charge in [-0.25, -0.2) is 0 Å².